The zero-order chi connectivity index (χ0) is 17.9. The van der Waals surface area contributed by atoms with Crippen molar-refractivity contribution in [1.82, 2.24) is 5.32 Å². The summed E-state index contributed by atoms with van der Waals surface area (Å²) < 4.78 is 35.3. The molecule has 2 aromatic carbocycles. The Balaban J connectivity index is 1.52. The monoisotopic (exact) mass is 362 g/mol. The van der Waals surface area contributed by atoms with Crippen molar-refractivity contribution in [2.24, 2.45) is 0 Å². The first-order valence-corrected chi connectivity index (χ1v) is 9.54. The molecule has 0 spiro atoms. The summed E-state index contributed by atoms with van der Waals surface area (Å²) in [7, 11) is -3.33. The van der Waals surface area contributed by atoms with Gasteiger partial charge in [0.25, 0.3) is 5.91 Å². The average Bonchev–Trinajstić information content (AvgIpc) is 3.01. The Morgan fingerprint density at radius 1 is 1.08 bits per heavy atom. The summed E-state index contributed by atoms with van der Waals surface area (Å²) in [5.41, 5.74) is 1.92. The minimum absolute atomic E-state index is 0.216. The second-order valence-corrected chi connectivity index (χ2v) is 7.39. The zero-order valence-corrected chi connectivity index (χ0v) is 14.4. The number of fused-ring (bicyclic) bond motifs is 1. The van der Waals surface area contributed by atoms with E-state index in [9.17, 15) is 13.2 Å². The van der Waals surface area contributed by atoms with Crippen LogP contribution in [0.25, 0.3) is 0 Å². The number of benzene rings is 2. The Kier molecular flexibility index (Phi) is 4.80. The van der Waals surface area contributed by atoms with Crippen LogP contribution in [-0.4, -0.2) is 33.9 Å². The summed E-state index contributed by atoms with van der Waals surface area (Å²) in [4.78, 5) is 12.1. The van der Waals surface area contributed by atoms with E-state index in [0.717, 1.165) is 23.3 Å². The van der Waals surface area contributed by atoms with Crippen molar-refractivity contribution in [2.45, 2.75) is 6.42 Å². The Bertz CT molecular complexity index is 878. The van der Waals surface area contributed by atoms with Gasteiger partial charge in [0, 0.05) is 17.8 Å². The minimum Gasteiger partial charge on any atom is -0.454 e. The van der Waals surface area contributed by atoms with Crippen LogP contribution in [0.2, 0.25) is 0 Å². The summed E-state index contributed by atoms with van der Waals surface area (Å²) in [6, 6.07) is 11.9. The predicted molar refractivity (Wildman–Crippen MR) is 93.5 cm³/mol. The number of hydrogen-bond acceptors (Lipinski definition) is 5. The van der Waals surface area contributed by atoms with E-state index >= 15 is 0 Å². The third-order valence-corrected chi connectivity index (χ3v) is 4.19. The molecule has 0 aliphatic carbocycles. The molecule has 0 saturated carbocycles. The first-order chi connectivity index (χ1) is 11.9. The van der Waals surface area contributed by atoms with Crippen molar-refractivity contribution >= 4 is 21.6 Å². The highest BCUT2D eigenvalue weighted by molar-refractivity contribution is 7.92. The molecule has 0 saturated heterocycles. The third-order valence-electron chi connectivity index (χ3n) is 3.59. The number of nitrogens with one attached hydrogen (secondary N) is 2. The highest BCUT2D eigenvalue weighted by Gasteiger charge is 2.13. The number of hydrogen-bond donors (Lipinski definition) is 2. The molecule has 132 valence electrons. The van der Waals surface area contributed by atoms with Crippen molar-refractivity contribution in [3.8, 4) is 11.5 Å². The van der Waals surface area contributed by atoms with Crippen molar-refractivity contribution in [2.75, 3.05) is 24.3 Å². The van der Waals surface area contributed by atoms with E-state index in [4.69, 9.17) is 9.47 Å². The molecule has 1 heterocycles. The molecular weight excluding hydrogens is 344 g/mol. The van der Waals surface area contributed by atoms with Gasteiger partial charge in [-0.1, -0.05) is 6.07 Å². The van der Waals surface area contributed by atoms with E-state index in [1.807, 2.05) is 18.2 Å². The lowest BCUT2D eigenvalue weighted by atomic mass is 10.1. The number of carbonyl (C=O) groups is 1. The largest absolute Gasteiger partial charge is 0.454 e. The quantitative estimate of drug-likeness (QED) is 0.817. The summed E-state index contributed by atoms with van der Waals surface area (Å²) in [5.74, 6) is 1.24. The Morgan fingerprint density at radius 3 is 2.52 bits per heavy atom. The molecule has 0 fully saturated rings. The Morgan fingerprint density at radius 2 is 1.80 bits per heavy atom. The molecule has 8 heteroatoms. The average molecular weight is 362 g/mol. The first kappa shape index (κ1) is 17.1. The highest BCUT2D eigenvalue weighted by Crippen LogP contribution is 2.32. The van der Waals surface area contributed by atoms with Gasteiger partial charge < -0.3 is 14.8 Å². The maximum Gasteiger partial charge on any atom is 0.251 e. The predicted octanol–water partition coefficient (Wildman–Crippen LogP) is 1.76. The van der Waals surface area contributed by atoms with Crippen molar-refractivity contribution in [3.63, 3.8) is 0 Å². The van der Waals surface area contributed by atoms with Crippen LogP contribution in [0.15, 0.2) is 42.5 Å². The number of sulfonamides is 1. The van der Waals surface area contributed by atoms with Gasteiger partial charge in [0.05, 0.1) is 6.26 Å². The molecule has 0 radical (unpaired) electrons. The van der Waals surface area contributed by atoms with Crippen LogP contribution in [-0.2, 0) is 16.4 Å². The van der Waals surface area contributed by atoms with Crippen LogP contribution < -0.4 is 19.5 Å². The molecule has 1 aliphatic rings. The van der Waals surface area contributed by atoms with E-state index in [-0.39, 0.29) is 12.7 Å². The molecule has 0 aromatic heterocycles. The van der Waals surface area contributed by atoms with Gasteiger partial charge in [-0.25, -0.2) is 8.42 Å². The molecule has 0 atom stereocenters. The van der Waals surface area contributed by atoms with Gasteiger partial charge in [0.15, 0.2) is 11.5 Å². The number of rotatable bonds is 6. The summed E-state index contributed by atoms with van der Waals surface area (Å²) >= 11 is 0. The smallest absolute Gasteiger partial charge is 0.251 e. The van der Waals surface area contributed by atoms with Gasteiger partial charge in [-0.3, -0.25) is 9.52 Å². The van der Waals surface area contributed by atoms with Gasteiger partial charge in [-0.05, 0) is 48.4 Å². The van der Waals surface area contributed by atoms with E-state index in [2.05, 4.69) is 10.0 Å². The normalized spacial score (nSPS) is 12.7. The second kappa shape index (κ2) is 7.02. The van der Waals surface area contributed by atoms with Crippen molar-refractivity contribution in [3.05, 3.63) is 53.6 Å². The number of amides is 1. The SMILES string of the molecule is CS(=O)(=O)Nc1ccc(C(=O)NCCc2ccc3c(c2)OCO3)cc1. The van der Waals surface area contributed by atoms with E-state index in [1.54, 1.807) is 24.3 Å². The highest BCUT2D eigenvalue weighted by atomic mass is 32.2. The minimum atomic E-state index is -3.33. The maximum absolute atomic E-state index is 12.1. The fourth-order valence-corrected chi connectivity index (χ4v) is 2.99. The summed E-state index contributed by atoms with van der Waals surface area (Å²) in [5, 5.41) is 2.83. The lowest BCUT2D eigenvalue weighted by Gasteiger charge is -2.08. The van der Waals surface area contributed by atoms with Gasteiger partial charge in [-0.15, -0.1) is 0 Å². The van der Waals surface area contributed by atoms with Crippen LogP contribution in [0, 0.1) is 0 Å². The topological polar surface area (TPSA) is 93.7 Å². The zero-order valence-electron chi connectivity index (χ0n) is 13.6. The second-order valence-electron chi connectivity index (χ2n) is 5.65. The molecule has 1 aliphatic heterocycles. The van der Waals surface area contributed by atoms with Crippen LogP contribution in [0.5, 0.6) is 11.5 Å². The van der Waals surface area contributed by atoms with Gasteiger partial charge in [-0.2, -0.15) is 0 Å². The fraction of sp³-hybridized carbons (Fsp3) is 0.235. The van der Waals surface area contributed by atoms with Crippen LogP contribution in [0.3, 0.4) is 0 Å². The third kappa shape index (κ3) is 4.63. The summed E-state index contributed by atoms with van der Waals surface area (Å²) in [6.07, 6.45) is 1.74. The lowest BCUT2D eigenvalue weighted by molar-refractivity contribution is 0.0954. The molecule has 25 heavy (non-hydrogen) atoms. The van der Waals surface area contributed by atoms with Crippen molar-refractivity contribution in [1.29, 1.82) is 0 Å². The van der Waals surface area contributed by atoms with Gasteiger partial charge in [0.1, 0.15) is 0 Å². The first-order valence-electron chi connectivity index (χ1n) is 7.65. The number of carbonyl (C=O) groups excluding carboxylic acids is 1. The van der Waals surface area contributed by atoms with E-state index < -0.39 is 10.0 Å². The summed E-state index contributed by atoms with van der Waals surface area (Å²) in [6.45, 7) is 0.710. The molecule has 7 nitrogen and oxygen atoms in total. The van der Waals surface area contributed by atoms with E-state index in [1.165, 1.54) is 0 Å². The van der Waals surface area contributed by atoms with Crippen LogP contribution >= 0.6 is 0 Å². The molecule has 1 amide bonds. The molecule has 2 aromatic rings. The Labute approximate surface area is 146 Å². The molecule has 2 N–H and O–H groups in total. The molecular formula is C17H18N2O5S. The number of ether oxygens (including phenoxy) is 2. The van der Waals surface area contributed by atoms with Crippen LogP contribution in [0.4, 0.5) is 5.69 Å². The molecule has 0 bridgehead atoms. The van der Waals surface area contributed by atoms with Gasteiger partial charge >= 0.3 is 0 Å². The van der Waals surface area contributed by atoms with E-state index in [0.29, 0.717) is 24.2 Å². The number of anilines is 1. The maximum atomic E-state index is 12.1. The van der Waals surface area contributed by atoms with Gasteiger partial charge in [0.2, 0.25) is 16.8 Å². The fourth-order valence-electron chi connectivity index (χ4n) is 2.42. The molecule has 3 rings (SSSR count). The Hall–Kier alpha value is -2.74. The standard InChI is InChI=1S/C17H18N2O5S/c1-25(21,22)19-14-5-3-13(4-6-14)17(20)18-9-8-12-2-7-15-16(10-12)24-11-23-15/h2-7,10,19H,8-9,11H2,1H3,(H,18,20). The molecule has 0 unspecified atom stereocenters. The van der Waals surface area contributed by atoms with Crippen molar-refractivity contribution < 1.29 is 22.7 Å². The lowest BCUT2D eigenvalue weighted by Crippen LogP contribution is -2.25. The van der Waals surface area contributed by atoms with Crippen LogP contribution in [0.1, 0.15) is 15.9 Å².